The predicted octanol–water partition coefficient (Wildman–Crippen LogP) is 3.66. The molecule has 4 N–H and O–H groups in total. The van der Waals surface area contributed by atoms with E-state index in [2.05, 4.69) is 20.8 Å². The van der Waals surface area contributed by atoms with Crippen LogP contribution in [-0.2, 0) is 5.41 Å². The van der Waals surface area contributed by atoms with Crippen molar-refractivity contribution in [3.8, 4) is 5.75 Å². The lowest BCUT2D eigenvalue weighted by Gasteiger charge is -2.23. The zero-order valence-corrected chi connectivity index (χ0v) is 13.0. The third-order valence-corrected chi connectivity index (χ3v) is 3.72. The van der Waals surface area contributed by atoms with Gasteiger partial charge in [0, 0.05) is 5.56 Å². The molecule has 0 fully saturated rings. The van der Waals surface area contributed by atoms with E-state index in [1.165, 1.54) is 0 Å². The van der Waals surface area contributed by atoms with Gasteiger partial charge < -0.3 is 15.9 Å². The van der Waals surface area contributed by atoms with E-state index in [4.69, 9.17) is 5.73 Å². The molecular weight excluding hydrogens is 262 g/mol. The molecule has 0 aromatic heterocycles. The molecule has 0 spiro atoms. The van der Waals surface area contributed by atoms with E-state index in [0.29, 0.717) is 11.3 Å². The van der Waals surface area contributed by atoms with Gasteiger partial charge in [-0.2, -0.15) is 0 Å². The first kappa shape index (κ1) is 15.4. The number of phenols is 1. The Morgan fingerprint density at radius 2 is 1.62 bits per heavy atom. The molecule has 0 aliphatic rings. The summed E-state index contributed by atoms with van der Waals surface area (Å²) in [6, 6.07) is 11.2. The number of nitrogens with two attached hydrogens (primary N) is 1. The molecule has 0 saturated carbocycles. The fourth-order valence-corrected chi connectivity index (χ4v) is 2.25. The van der Waals surface area contributed by atoms with Crippen LogP contribution in [0.25, 0.3) is 0 Å². The van der Waals surface area contributed by atoms with Crippen molar-refractivity contribution in [2.75, 3.05) is 5.73 Å². The molecule has 2 rings (SSSR count). The highest BCUT2D eigenvalue weighted by atomic mass is 16.3. The van der Waals surface area contributed by atoms with Gasteiger partial charge in [-0.1, -0.05) is 50.6 Å². The van der Waals surface area contributed by atoms with Gasteiger partial charge in [-0.3, -0.25) is 0 Å². The van der Waals surface area contributed by atoms with Crippen molar-refractivity contribution in [3.05, 3.63) is 58.7 Å². The first-order valence-electron chi connectivity index (χ1n) is 7.07. The van der Waals surface area contributed by atoms with E-state index in [0.717, 1.165) is 16.7 Å². The second-order valence-electron chi connectivity index (χ2n) is 6.57. The summed E-state index contributed by atoms with van der Waals surface area (Å²) < 4.78 is 0. The first-order chi connectivity index (χ1) is 9.70. The number of aryl methyl sites for hydroxylation is 1. The van der Waals surface area contributed by atoms with Gasteiger partial charge in [-0.05, 0) is 35.6 Å². The smallest absolute Gasteiger partial charge is 0.144 e. The molecule has 1 atom stereocenters. The third-order valence-electron chi connectivity index (χ3n) is 3.72. The van der Waals surface area contributed by atoms with Crippen LogP contribution >= 0.6 is 0 Å². The Hall–Kier alpha value is -2.00. The van der Waals surface area contributed by atoms with Gasteiger partial charge in [0.05, 0.1) is 5.69 Å². The topological polar surface area (TPSA) is 66.5 Å². The average Bonchev–Trinajstić information content (AvgIpc) is 2.40. The van der Waals surface area contributed by atoms with Crippen molar-refractivity contribution < 1.29 is 10.2 Å². The molecule has 0 aliphatic heterocycles. The Morgan fingerprint density at radius 1 is 1.05 bits per heavy atom. The fraction of sp³-hybridized carbons (Fsp3) is 0.333. The number of aromatic hydroxyl groups is 1. The molecule has 2 aromatic rings. The molecule has 1 unspecified atom stereocenters. The standard InChI is InChI=1S/C18H23NO2/c1-11-5-7-12(8-6-11)16(20)14-9-13(18(2,3)4)10-15(19)17(14)21/h5-10,16,20-21H,19H2,1-4H3. The monoisotopic (exact) mass is 285 g/mol. The van der Waals surface area contributed by atoms with Crippen molar-refractivity contribution in [1.29, 1.82) is 0 Å². The van der Waals surface area contributed by atoms with Crippen LogP contribution in [0.2, 0.25) is 0 Å². The summed E-state index contributed by atoms with van der Waals surface area (Å²) in [7, 11) is 0. The zero-order chi connectivity index (χ0) is 15.8. The van der Waals surface area contributed by atoms with Gasteiger partial charge >= 0.3 is 0 Å². The fourth-order valence-electron chi connectivity index (χ4n) is 2.25. The van der Waals surface area contributed by atoms with E-state index >= 15 is 0 Å². The summed E-state index contributed by atoms with van der Waals surface area (Å²) in [5.74, 6) is -0.0453. The number of benzene rings is 2. The molecule has 3 heteroatoms. The highest BCUT2D eigenvalue weighted by Crippen LogP contribution is 2.37. The van der Waals surface area contributed by atoms with Crippen LogP contribution in [0.5, 0.6) is 5.75 Å². The quantitative estimate of drug-likeness (QED) is 0.582. The Bertz CT molecular complexity index is 640. The molecule has 0 aliphatic carbocycles. The molecule has 3 nitrogen and oxygen atoms in total. The number of nitrogen functional groups attached to an aromatic ring is 1. The molecule has 0 radical (unpaired) electrons. The zero-order valence-electron chi connectivity index (χ0n) is 13.0. The Labute approximate surface area is 126 Å². The maximum Gasteiger partial charge on any atom is 0.144 e. The molecule has 112 valence electrons. The summed E-state index contributed by atoms with van der Waals surface area (Å²) in [5, 5.41) is 20.8. The molecule has 0 bridgehead atoms. The highest BCUT2D eigenvalue weighted by molar-refractivity contribution is 5.60. The third kappa shape index (κ3) is 3.19. The van der Waals surface area contributed by atoms with Crippen molar-refractivity contribution in [2.24, 2.45) is 0 Å². The van der Waals surface area contributed by atoms with Crippen LogP contribution in [0, 0.1) is 6.92 Å². The van der Waals surface area contributed by atoms with Crippen LogP contribution < -0.4 is 5.73 Å². The molecular formula is C18H23NO2. The first-order valence-corrected chi connectivity index (χ1v) is 7.07. The summed E-state index contributed by atoms with van der Waals surface area (Å²) in [5.41, 5.74) is 9.38. The van der Waals surface area contributed by atoms with Gasteiger partial charge in [0.25, 0.3) is 0 Å². The van der Waals surface area contributed by atoms with Crippen LogP contribution in [0.1, 0.15) is 49.1 Å². The van der Waals surface area contributed by atoms with E-state index in [-0.39, 0.29) is 11.2 Å². The van der Waals surface area contributed by atoms with Gasteiger partial charge in [0.15, 0.2) is 0 Å². The largest absolute Gasteiger partial charge is 0.505 e. The summed E-state index contributed by atoms with van der Waals surface area (Å²) in [6.45, 7) is 8.20. The van der Waals surface area contributed by atoms with Crippen LogP contribution in [-0.4, -0.2) is 10.2 Å². The molecule has 0 amide bonds. The van der Waals surface area contributed by atoms with Crippen molar-refractivity contribution in [2.45, 2.75) is 39.2 Å². The van der Waals surface area contributed by atoms with E-state index in [1.807, 2.05) is 37.3 Å². The van der Waals surface area contributed by atoms with Crippen LogP contribution in [0.4, 0.5) is 5.69 Å². The van der Waals surface area contributed by atoms with Crippen molar-refractivity contribution in [3.63, 3.8) is 0 Å². The van der Waals surface area contributed by atoms with Gasteiger partial charge in [0.2, 0.25) is 0 Å². The van der Waals surface area contributed by atoms with Gasteiger partial charge in [-0.15, -0.1) is 0 Å². The molecule has 21 heavy (non-hydrogen) atoms. The lowest BCUT2D eigenvalue weighted by atomic mass is 9.84. The number of phenolic OH excluding ortho intramolecular Hbond substituents is 1. The van der Waals surface area contributed by atoms with E-state index in [9.17, 15) is 10.2 Å². The maximum absolute atomic E-state index is 10.6. The van der Waals surface area contributed by atoms with Crippen molar-refractivity contribution >= 4 is 5.69 Å². The SMILES string of the molecule is Cc1ccc(C(O)c2cc(C(C)(C)C)cc(N)c2O)cc1. The van der Waals surface area contributed by atoms with Crippen LogP contribution in [0.3, 0.4) is 0 Å². The average molecular weight is 285 g/mol. The van der Waals surface area contributed by atoms with Crippen molar-refractivity contribution in [1.82, 2.24) is 0 Å². The lowest BCUT2D eigenvalue weighted by Crippen LogP contribution is -2.13. The number of aliphatic hydroxyl groups excluding tert-OH is 1. The minimum absolute atomic E-state index is 0.0453. The minimum atomic E-state index is -0.893. The van der Waals surface area contributed by atoms with Gasteiger partial charge in [-0.25, -0.2) is 0 Å². The Morgan fingerprint density at radius 3 is 2.14 bits per heavy atom. The maximum atomic E-state index is 10.6. The van der Waals surface area contributed by atoms with E-state index in [1.54, 1.807) is 6.07 Å². The minimum Gasteiger partial charge on any atom is -0.505 e. The second kappa shape index (κ2) is 5.41. The van der Waals surface area contributed by atoms with Gasteiger partial charge in [0.1, 0.15) is 11.9 Å². The Balaban J connectivity index is 2.52. The number of hydrogen-bond acceptors (Lipinski definition) is 3. The summed E-state index contributed by atoms with van der Waals surface area (Å²) >= 11 is 0. The number of anilines is 1. The lowest BCUT2D eigenvalue weighted by molar-refractivity contribution is 0.215. The molecule has 0 heterocycles. The molecule has 0 saturated heterocycles. The number of hydrogen-bond donors (Lipinski definition) is 3. The van der Waals surface area contributed by atoms with Crippen LogP contribution in [0.15, 0.2) is 36.4 Å². The number of aliphatic hydroxyl groups is 1. The number of rotatable bonds is 2. The van der Waals surface area contributed by atoms with E-state index < -0.39 is 6.10 Å². The molecule has 2 aromatic carbocycles. The second-order valence-corrected chi connectivity index (χ2v) is 6.57. The Kier molecular flexibility index (Phi) is 3.97. The highest BCUT2D eigenvalue weighted by Gasteiger charge is 2.22. The predicted molar refractivity (Wildman–Crippen MR) is 86.5 cm³/mol. The summed E-state index contributed by atoms with van der Waals surface area (Å²) in [6.07, 6.45) is -0.893. The summed E-state index contributed by atoms with van der Waals surface area (Å²) in [4.78, 5) is 0. The normalized spacial score (nSPS) is 13.2.